The van der Waals surface area contributed by atoms with Gasteiger partial charge in [-0.25, -0.2) is 0 Å². The highest BCUT2D eigenvalue weighted by atomic mass is 15.0. The third kappa shape index (κ3) is 4.03. The number of aromatic nitrogens is 2. The van der Waals surface area contributed by atoms with Crippen LogP contribution in [0.3, 0.4) is 0 Å². The number of benzene rings is 7. The van der Waals surface area contributed by atoms with E-state index in [0.717, 1.165) is 5.69 Å². The Morgan fingerprint density at radius 1 is 0.333 bits per heavy atom. The highest BCUT2D eigenvalue weighted by molar-refractivity contribution is 6.28. The van der Waals surface area contributed by atoms with E-state index in [0.29, 0.717) is 0 Å². The fourth-order valence-corrected chi connectivity index (χ4v) is 7.08. The van der Waals surface area contributed by atoms with Crippen molar-refractivity contribution in [2.45, 2.75) is 6.92 Å². The minimum Gasteiger partial charge on any atom is -0.309 e. The Morgan fingerprint density at radius 3 is 1.40 bits per heavy atom. The zero-order chi connectivity index (χ0) is 29.9. The summed E-state index contributed by atoms with van der Waals surface area (Å²) in [7, 11) is 0. The van der Waals surface area contributed by atoms with Crippen LogP contribution in [0.4, 0.5) is 0 Å². The molecule has 2 heterocycles. The van der Waals surface area contributed by atoms with E-state index in [1.165, 1.54) is 77.1 Å². The molecule has 0 aliphatic carbocycles. The summed E-state index contributed by atoms with van der Waals surface area (Å²) in [5.74, 6) is 0. The zero-order valence-electron chi connectivity index (χ0n) is 25.0. The van der Waals surface area contributed by atoms with E-state index in [4.69, 9.17) is 0 Å². The Balaban J connectivity index is 1.25. The molecule has 0 spiro atoms. The Labute approximate surface area is 262 Å². The Kier molecular flexibility index (Phi) is 5.76. The first-order chi connectivity index (χ1) is 22.2. The van der Waals surface area contributed by atoms with Crippen molar-refractivity contribution < 1.29 is 0 Å². The van der Waals surface area contributed by atoms with Gasteiger partial charge in [0.2, 0.25) is 0 Å². The van der Waals surface area contributed by atoms with E-state index in [2.05, 4.69) is 180 Å². The fraction of sp³-hybridized carbons (Fsp3) is 0.0233. The summed E-state index contributed by atoms with van der Waals surface area (Å²) < 4.78 is 4.83. The van der Waals surface area contributed by atoms with Crippen LogP contribution in [0.2, 0.25) is 0 Å². The van der Waals surface area contributed by atoms with E-state index in [1.54, 1.807) is 0 Å². The predicted octanol–water partition coefficient (Wildman–Crippen LogP) is 11.5. The smallest absolute Gasteiger partial charge is 0.0548 e. The molecule has 0 saturated heterocycles. The topological polar surface area (TPSA) is 9.86 Å². The van der Waals surface area contributed by atoms with Gasteiger partial charge in [-0.1, -0.05) is 121 Å². The van der Waals surface area contributed by atoms with Crippen molar-refractivity contribution in [1.82, 2.24) is 9.13 Å². The van der Waals surface area contributed by atoms with Crippen molar-refractivity contribution >= 4 is 43.6 Å². The van der Waals surface area contributed by atoms with Crippen molar-refractivity contribution in [2.24, 2.45) is 0 Å². The monoisotopic (exact) mass is 574 g/mol. The van der Waals surface area contributed by atoms with Crippen LogP contribution in [0.15, 0.2) is 164 Å². The summed E-state index contributed by atoms with van der Waals surface area (Å²) >= 11 is 0. The van der Waals surface area contributed by atoms with Crippen LogP contribution < -0.4 is 0 Å². The molecule has 2 nitrogen and oxygen atoms in total. The van der Waals surface area contributed by atoms with Crippen LogP contribution in [0.5, 0.6) is 0 Å². The molecule has 0 aliphatic rings. The number of para-hydroxylation sites is 3. The summed E-state index contributed by atoms with van der Waals surface area (Å²) in [5, 5.41) is 5.13. The molecule has 2 heteroatoms. The second-order valence-electron chi connectivity index (χ2n) is 11.9. The van der Waals surface area contributed by atoms with Crippen LogP contribution in [0.25, 0.3) is 77.2 Å². The van der Waals surface area contributed by atoms with Gasteiger partial charge < -0.3 is 9.13 Å². The number of hydrogen-bond acceptors (Lipinski definition) is 0. The van der Waals surface area contributed by atoms with Crippen LogP contribution >= 0.6 is 0 Å². The van der Waals surface area contributed by atoms with Crippen LogP contribution in [-0.2, 0) is 0 Å². The molecule has 0 fully saturated rings. The van der Waals surface area contributed by atoms with Gasteiger partial charge in [-0.2, -0.15) is 0 Å². The van der Waals surface area contributed by atoms with E-state index in [-0.39, 0.29) is 0 Å². The Morgan fingerprint density at radius 2 is 0.800 bits per heavy atom. The maximum atomic E-state index is 2.43. The molecule has 0 amide bonds. The Bertz CT molecular complexity index is 2510. The maximum Gasteiger partial charge on any atom is 0.0548 e. The molecule has 45 heavy (non-hydrogen) atoms. The summed E-state index contributed by atoms with van der Waals surface area (Å²) in [6, 6.07) is 59.5. The van der Waals surface area contributed by atoms with Gasteiger partial charge in [0.05, 0.1) is 22.1 Å². The fourth-order valence-electron chi connectivity index (χ4n) is 7.08. The summed E-state index contributed by atoms with van der Waals surface area (Å²) in [5.41, 5.74) is 13.4. The second-order valence-corrected chi connectivity index (χ2v) is 11.9. The SMILES string of the molecule is Cc1ccc(-c2ccc(-c3cccc(-n4c5ccccc5c5c6c7ccccc7n(-c7ccccc7)c6ccc54)c3)cc2)cc1. The molecule has 0 bridgehead atoms. The predicted molar refractivity (Wildman–Crippen MR) is 191 cm³/mol. The van der Waals surface area contributed by atoms with Crippen molar-refractivity contribution in [2.75, 3.05) is 0 Å². The molecule has 0 aliphatic heterocycles. The number of hydrogen-bond donors (Lipinski definition) is 0. The summed E-state index contributed by atoms with van der Waals surface area (Å²) in [4.78, 5) is 0. The first-order valence-electron chi connectivity index (χ1n) is 15.5. The lowest BCUT2D eigenvalue weighted by Crippen LogP contribution is -1.95. The van der Waals surface area contributed by atoms with Gasteiger partial charge in [0.15, 0.2) is 0 Å². The van der Waals surface area contributed by atoms with E-state index < -0.39 is 0 Å². The van der Waals surface area contributed by atoms with Crippen LogP contribution in [0.1, 0.15) is 5.56 Å². The lowest BCUT2D eigenvalue weighted by Gasteiger charge is -2.11. The van der Waals surface area contributed by atoms with Crippen LogP contribution in [0, 0.1) is 6.92 Å². The van der Waals surface area contributed by atoms with Crippen LogP contribution in [-0.4, -0.2) is 9.13 Å². The molecule has 0 radical (unpaired) electrons. The number of rotatable bonds is 4. The van der Waals surface area contributed by atoms with Crippen molar-refractivity contribution in [3.63, 3.8) is 0 Å². The number of nitrogens with zero attached hydrogens (tertiary/aromatic N) is 2. The standard InChI is InChI=1S/C43H30N2/c1-29-18-20-30(21-19-29)31-22-24-32(25-23-31)33-10-9-13-35(28-33)45-39-17-8-6-15-37(39)43-41(45)27-26-40-42(43)36-14-5-7-16-38(36)44(40)34-11-3-2-4-12-34/h2-28H,1H3. The molecule has 0 N–H and O–H groups in total. The highest BCUT2D eigenvalue weighted by Gasteiger charge is 2.20. The van der Waals surface area contributed by atoms with Crippen molar-refractivity contribution in [1.29, 1.82) is 0 Å². The Hall–Kier alpha value is -5.86. The minimum atomic E-state index is 1.16. The minimum absolute atomic E-state index is 1.16. The highest BCUT2D eigenvalue weighted by Crippen LogP contribution is 2.42. The van der Waals surface area contributed by atoms with Gasteiger partial charge in [0.1, 0.15) is 0 Å². The molecule has 0 unspecified atom stereocenters. The van der Waals surface area contributed by atoms with E-state index in [1.807, 2.05) is 0 Å². The molecule has 7 aromatic carbocycles. The molecule has 9 aromatic rings. The van der Waals surface area contributed by atoms with Crippen molar-refractivity contribution in [3.8, 4) is 33.6 Å². The average Bonchev–Trinajstić information content (AvgIpc) is 3.62. The largest absolute Gasteiger partial charge is 0.309 e. The molecule has 2 aromatic heterocycles. The summed E-state index contributed by atoms with van der Waals surface area (Å²) in [6.07, 6.45) is 0. The van der Waals surface area contributed by atoms with Gasteiger partial charge in [-0.05, 0) is 77.7 Å². The molecular formula is C43H30N2. The zero-order valence-corrected chi connectivity index (χ0v) is 25.0. The third-order valence-electron chi connectivity index (χ3n) is 9.19. The molecule has 0 saturated carbocycles. The van der Waals surface area contributed by atoms with Crippen molar-refractivity contribution in [3.05, 3.63) is 169 Å². The molecular weight excluding hydrogens is 544 g/mol. The first-order valence-corrected chi connectivity index (χ1v) is 15.5. The third-order valence-corrected chi connectivity index (χ3v) is 9.19. The number of fused-ring (bicyclic) bond motifs is 7. The first kappa shape index (κ1) is 25.6. The normalized spacial score (nSPS) is 11.7. The maximum absolute atomic E-state index is 2.43. The average molecular weight is 575 g/mol. The van der Waals surface area contributed by atoms with Gasteiger partial charge in [0.25, 0.3) is 0 Å². The van der Waals surface area contributed by atoms with Gasteiger partial charge in [0, 0.05) is 32.9 Å². The molecule has 9 rings (SSSR count). The summed E-state index contributed by atoms with van der Waals surface area (Å²) in [6.45, 7) is 2.13. The lowest BCUT2D eigenvalue weighted by molar-refractivity contribution is 1.17. The van der Waals surface area contributed by atoms with Gasteiger partial charge in [-0.3, -0.25) is 0 Å². The van der Waals surface area contributed by atoms with E-state index >= 15 is 0 Å². The van der Waals surface area contributed by atoms with Gasteiger partial charge >= 0.3 is 0 Å². The quantitative estimate of drug-likeness (QED) is 0.198. The second kappa shape index (κ2) is 10.1. The molecule has 212 valence electrons. The number of aryl methyl sites for hydroxylation is 1. The lowest BCUT2D eigenvalue weighted by atomic mass is 9.99. The molecule has 0 atom stereocenters. The van der Waals surface area contributed by atoms with E-state index in [9.17, 15) is 0 Å². The van der Waals surface area contributed by atoms with Gasteiger partial charge in [-0.15, -0.1) is 0 Å².